The van der Waals surface area contributed by atoms with Crippen molar-refractivity contribution in [3.05, 3.63) is 59.7 Å². The van der Waals surface area contributed by atoms with Crippen LogP contribution in [0.2, 0.25) is 0 Å². The van der Waals surface area contributed by atoms with Gasteiger partial charge in [0.2, 0.25) is 0 Å². The second kappa shape index (κ2) is 8.36. The Kier molecular flexibility index (Phi) is 6.42. The Labute approximate surface area is 156 Å². The van der Waals surface area contributed by atoms with Crippen LogP contribution in [0.4, 0.5) is 5.69 Å². The average molecular weight is 375 g/mol. The smallest absolute Gasteiger partial charge is 0.261 e. The number of hydrogen-bond donors (Lipinski definition) is 1. The fourth-order valence-corrected chi connectivity index (χ4v) is 3.53. The number of sulfonamides is 1. The Morgan fingerprint density at radius 3 is 2.31 bits per heavy atom. The first-order valence-corrected chi connectivity index (χ1v) is 10.1. The van der Waals surface area contributed by atoms with E-state index in [-0.39, 0.29) is 10.8 Å². The first-order valence-electron chi connectivity index (χ1n) is 8.62. The number of aryl methyl sites for hydroxylation is 1. The van der Waals surface area contributed by atoms with E-state index in [1.54, 1.807) is 44.4 Å². The Morgan fingerprint density at radius 2 is 1.73 bits per heavy atom. The number of carbonyl (C=O) groups excluding carboxylic acids is 1. The van der Waals surface area contributed by atoms with Gasteiger partial charge in [-0.3, -0.25) is 9.52 Å². The number of hydrogen-bond acceptors (Lipinski definition) is 3. The monoisotopic (exact) mass is 374 g/mol. The predicted octanol–water partition coefficient (Wildman–Crippen LogP) is 3.78. The summed E-state index contributed by atoms with van der Waals surface area (Å²) in [7, 11) is -0.393. The van der Waals surface area contributed by atoms with E-state index in [1.165, 1.54) is 11.0 Å². The highest BCUT2D eigenvalue weighted by atomic mass is 32.2. The molecule has 6 heteroatoms. The van der Waals surface area contributed by atoms with Crippen molar-refractivity contribution < 1.29 is 13.2 Å². The summed E-state index contributed by atoms with van der Waals surface area (Å²) in [5, 5.41) is 0. The molecule has 140 valence electrons. The van der Waals surface area contributed by atoms with Crippen LogP contribution < -0.4 is 4.72 Å². The molecule has 0 bridgehead atoms. The molecule has 0 heterocycles. The molecule has 1 amide bonds. The number of anilines is 1. The number of nitrogens with one attached hydrogen (secondary N) is 1. The van der Waals surface area contributed by atoms with Crippen LogP contribution in [0.15, 0.2) is 53.4 Å². The number of amides is 1. The highest BCUT2D eigenvalue weighted by molar-refractivity contribution is 7.92. The van der Waals surface area contributed by atoms with Crippen LogP contribution >= 0.6 is 0 Å². The van der Waals surface area contributed by atoms with Crippen molar-refractivity contribution in [3.63, 3.8) is 0 Å². The Hall–Kier alpha value is -2.34. The highest BCUT2D eigenvalue weighted by Crippen LogP contribution is 2.19. The molecule has 0 spiro atoms. The van der Waals surface area contributed by atoms with E-state index < -0.39 is 10.0 Å². The fraction of sp³-hybridized carbons (Fsp3) is 0.350. The van der Waals surface area contributed by atoms with Gasteiger partial charge >= 0.3 is 0 Å². The third-order valence-corrected chi connectivity index (χ3v) is 5.41. The van der Waals surface area contributed by atoms with Gasteiger partial charge in [0, 0.05) is 25.3 Å². The van der Waals surface area contributed by atoms with Crippen LogP contribution in [0.5, 0.6) is 0 Å². The van der Waals surface area contributed by atoms with Crippen molar-refractivity contribution in [2.75, 3.05) is 18.8 Å². The molecule has 2 aromatic carbocycles. The topological polar surface area (TPSA) is 66.5 Å². The first-order chi connectivity index (χ1) is 12.2. The number of nitrogens with zero attached hydrogens (tertiary/aromatic N) is 1. The van der Waals surface area contributed by atoms with Gasteiger partial charge in [0.05, 0.1) is 4.90 Å². The van der Waals surface area contributed by atoms with Crippen molar-refractivity contribution in [2.24, 2.45) is 5.92 Å². The zero-order valence-corrected chi connectivity index (χ0v) is 16.5. The van der Waals surface area contributed by atoms with Crippen molar-refractivity contribution in [3.8, 4) is 0 Å². The van der Waals surface area contributed by atoms with Gasteiger partial charge in [-0.05, 0) is 54.7 Å². The van der Waals surface area contributed by atoms with Crippen LogP contribution in [0, 0.1) is 5.92 Å². The molecule has 5 nitrogen and oxygen atoms in total. The Morgan fingerprint density at radius 1 is 1.08 bits per heavy atom. The van der Waals surface area contributed by atoms with Crippen LogP contribution in [0.25, 0.3) is 0 Å². The second-order valence-electron chi connectivity index (χ2n) is 6.96. The molecule has 0 fully saturated rings. The van der Waals surface area contributed by atoms with Gasteiger partial charge in [-0.15, -0.1) is 0 Å². The maximum atomic E-state index is 12.6. The van der Waals surface area contributed by atoms with Gasteiger partial charge in [-0.25, -0.2) is 8.42 Å². The quantitative estimate of drug-likeness (QED) is 0.802. The molecule has 0 aromatic heterocycles. The van der Waals surface area contributed by atoms with Crippen LogP contribution in [0.1, 0.15) is 36.2 Å². The summed E-state index contributed by atoms with van der Waals surface area (Å²) >= 11 is 0. The molecule has 0 radical (unpaired) electrons. The predicted molar refractivity (Wildman–Crippen MR) is 105 cm³/mol. The molecule has 1 N–H and O–H groups in total. The summed E-state index contributed by atoms with van der Waals surface area (Å²) in [6.45, 7) is 4.33. The Balaban J connectivity index is 2.16. The van der Waals surface area contributed by atoms with Gasteiger partial charge < -0.3 is 4.90 Å². The standard InChI is InChI=1S/C20H26N2O3S/c1-15(2)8-9-16-10-12-19(13-11-16)26(24,25)21-18-7-5-6-17(14-18)20(23)22(3)4/h5-7,10-15,21H,8-9H2,1-4H3. The van der Waals surface area contributed by atoms with Gasteiger partial charge in [0.1, 0.15) is 0 Å². The lowest BCUT2D eigenvalue weighted by atomic mass is 10.0. The molecule has 0 unspecified atom stereocenters. The van der Waals surface area contributed by atoms with Gasteiger partial charge in [-0.2, -0.15) is 0 Å². The minimum atomic E-state index is -3.70. The fourth-order valence-electron chi connectivity index (χ4n) is 2.48. The van der Waals surface area contributed by atoms with E-state index in [4.69, 9.17) is 0 Å². The van der Waals surface area contributed by atoms with E-state index >= 15 is 0 Å². The van der Waals surface area contributed by atoms with Crippen molar-refractivity contribution in [2.45, 2.75) is 31.6 Å². The van der Waals surface area contributed by atoms with Gasteiger partial charge in [0.25, 0.3) is 15.9 Å². The molecular formula is C20H26N2O3S. The molecule has 0 saturated heterocycles. The summed E-state index contributed by atoms with van der Waals surface area (Å²) in [5.74, 6) is 0.429. The summed E-state index contributed by atoms with van der Waals surface area (Å²) < 4.78 is 27.7. The maximum absolute atomic E-state index is 12.6. The van der Waals surface area contributed by atoms with Crippen LogP contribution in [0.3, 0.4) is 0 Å². The number of carbonyl (C=O) groups is 1. The molecule has 26 heavy (non-hydrogen) atoms. The van der Waals surface area contributed by atoms with Crippen molar-refractivity contribution >= 4 is 21.6 Å². The van der Waals surface area contributed by atoms with Crippen molar-refractivity contribution in [1.82, 2.24) is 4.90 Å². The maximum Gasteiger partial charge on any atom is 0.261 e. The van der Waals surface area contributed by atoms with E-state index in [0.29, 0.717) is 17.2 Å². The SMILES string of the molecule is CC(C)CCc1ccc(S(=O)(=O)Nc2cccc(C(=O)N(C)C)c2)cc1. The largest absolute Gasteiger partial charge is 0.345 e. The van der Waals surface area contributed by atoms with Gasteiger partial charge in [-0.1, -0.05) is 32.0 Å². The third-order valence-electron chi connectivity index (χ3n) is 4.01. The summed E-state index contributed by atoms with van der Waals surface area (Å²) in [4.78, 5) is 13.7. The second-order valence-corrected chi connectivity index (χ2v) is 8.64. The average Bonchev–Trinajstić information content (AvgIpc) is 2.59. The van der Waals surface area contributed by atoms with E-state index in [2.05, 4.69) is 18.6 Å². The summed E-state index contributed by atoms with van der Waals surface area (Å²) in [6, 6.07) is 13.4. The number of benzene rings is 2. The lowest BCUT2D eigenvalue weighted by Crippen LogP contribution is -2.22. The normalized spacial score (nSPS) is 11.4. The van der Waals surface area contributed by atoms with E-state index in [0.717, 1.165) is 18.4 Å². The minimum Gasteiger partial charge on any atom is -0.345 e. The molecular weight excluding hydrogens is 348 g/mol. The van der Waals surface area contributed by atoms with Crippen LogP contribution in [-0.4, -0.2) is 33.3 Å². The number of rotatable bonds is 7. The summed E-state index contributed by atoms with van der Waals surface area (Å²) in [6.07, 6.45) is 2.00. The first kappa shape index (κ1) is 20.0. The highest BCUT2D eigenvalue weighted by Gasteiger charge is 2.15. The van der Waals surface area contributed by atoms with Crippen LogP contribution in [-0.2, 0) is 16.4 Å². The molecule has 2 rings (SSSR count). The summed E-state index contributed by atoms with van der Waals surface area (Å²) in [5.41, 5.74) is 1.91. The molecule has 0 aliphatic carbocycles. The Bertz CT molecular complexity index is 857. The molecule has 0 saturated carbocycles. The molecule has 2 aromatic rings. The molecule has 0 aliphatic heterocycles. The lowest BCUT2D eigenvalue weighted by molar-refractivity contribution is 0.0827. The van der Waals surface area contributed by atoms with E-state index in [9.17, 15) is 13.2 Å². The third kappa shape index (κ3) is 5.33. The lowest BCUT2D eigenvalue weighted by Gasteiger charge is -2.13. The zero-order chi connectivity index (χ0) is 19.3. The minimum absolute atomic E-state index is 0.180. The zero-order valence-electron chi connectivity index (χ0n) is 15.7. The van der Waals surface area contributed by atoms with E-state index in [1.807, 2.05) is 12.1 Å². The molecule has 0 atom stereocenters. The van der Waals surface area contributed by atoms with Gasteiger partial charge in [0.15, 0.2) is 0 Å². The van der Waals surface area contributed by atoms with Crippen molar-refractivity contribution in [1.29, 1.82) is 0 Å². The molecule has 0 aliphatic rings.